The molecule has 0 aliphatic carbocycles. The third-order valence-corrected chi connectivity index (χ3v) is 4.03. The lowest BCUT2D eigenvalue weighted by Crippen LogP contribution is -2.19. The Labute approximate surface area is 118 Å². The van der Waals surface area contributed by atoms with Crippen molar-refractivity contribution in [3.05, 3.63) is 45.6 Å². The van der Waals surface area contributed by atoms with Gasteiger partial charge in [0, 0.05) is 11.1 Å². The highest BCUT2D eigenvalue weighted by Gasteiger charge is 2.10. The van der Waals surface area contributed by atoms with Gasteiger partial charge in [0.25, 0.3) is 0 Å². The van der Waals surface area contributed by atoms with E-state index in [1.807, 2.05) is 0 Å². The van der Waals surface area contributed by atoms with Gasteiger partial charge in [-0.05, 0) is 59.5 Å². The van der Waals surface area contributed by atoms with E-state index in [1.165, 1.54) is 16.7 Å². The van der Waals surface area contributed by atoms with Crippen molar-refractivity contribution in [2.75, 3.05) is 6.54 Å². The molecule has 1 aromatic carbocycles. The van der Waals surface area contributed by atoms with E-state index < -0.39 is 0 Å². The Morgan fingerprint density at radius 2 is 2.11 bits per heavy atom. The van der Waals surface area contributed by atoms with Crippen LogP contribution in [0.3, 0.4) is 0 Å². The first kappa shape index (κ1) is 13.6. The van der Waals surface area contributed by atoms with E-state index >= 15 is 0 Å². The van der Waals surface area contributed by atoms with Gasteiger partial charge in [0.2, 0.25) is 0 Å². The summed E-state index contributed by atoms with van der Waals surface area (Å²) >= 11 is 8.09. The van der Waals surface area contributed by atoms with Gasteiger partial charge in [0.15, 0.2) is 0 Å². The molecule has 2 rings (SSSR count). The van der Waals surface area contributed by atoms with Crippen molar-refractivity contribution in [3.8, 4) is 11.1 Å². The quantitative estimate of drug-likeness (QED) is 0.800. The fourth-order valence-corrected chi connectivity index (χ4v) is 2.97. The lowest BCUT2D eigenvalue weighted by Gasteiger charge is -2.15. The van der Waals surface area contributed by atoms with Crippen LogP contribution in [0.4, 0.5) is 0 Å². The molecule has 0 radical (unpaired) electrons. The average molecular weight is 280 g/mol. The summed E-state index contributed by atoms with van der Waals surface area (Å²) in [6.45, 7) is 5.34. The highest BCUT2D eigenvalue weighted by Crippen LogP contribution is 2.30. The van der Waals surface area contributed by atoms with Crippen molar-refractivity contribution in [1.82, 2.24) is 5.32 Å². The summed E-state index contributed by atoms with van der Waals surface area (Å²) in [5.74, 6) is 0. The molecule has 0 fully saturated rings. The van der Waals surface area contributed by atoms with Gasteiger partial charge in [-0.15, -0.1) is 0 Å². The minimum Gasteiger partial charge on any atom is -0.310 e. The number of nitrogens with one attached hydrogen (secondary N) is 1. The first-order chi connectivity index (χ1) is 8.72. The molecule has 96 valence electrons. The van der Waals surface area contributed by atoms with E-state index in [0.29, 0.717) is 6.04 Å². The second kappa shape index (κ2) is 6.37. The van der Waals surface area contributed by atoms with Crippen molar-refractivity contribution in [1.29, 1.82) is 0 Å². The molecule has 1 unspecified atom stereocenters. The summed E-state index contributed by atoms with van der Waals surface area (Å²) in [5, 5.41) is 8.53. The molecule has 0 spiro atoms. The van der Waals surface area contributed by atoms with E-state index in [-0.39, 0.29) is 0 Å². The summed E-state index contributed by atoms with van der Waals surface area (Å²) in [6.07, 6.45) is 1.13. The van der Waals surface area contributed by atoms with Crippen LogP contribution in [-0.2, 0) is 0 Å². The van der Waals surface area contributed by atoms with Gasteiger partial charge in [-0.2, -0.15) is 11.3 Å². The molecule has 3 heteroatoms. The molecule has 0 aliphatic rings. The van der Waals surface area contributed by atoms with Crippen LogP contribution in [0.15, 0.2) is 35.0 Å². The van der Waals surface area contributed by atoms with E-state index in [1.54, 1.807) is 11.3 Å². The molecule has 0 aliphatic heterocycles. The second-order valence-corrected chi connectivity index (χ2v) is 5.61. The van der Waals surface area contributed by atoms with Crippen LogP contribution in [0.25, 0.3) is 11.1 Å². The fraction of sp³-hybridized carbons (Fsp3) is 0.333. The van der Waals surface area contributed by atoms with Crippen LogP contribution in [0.2, 0.25) is 5.02 Å². The zero-order valence-corrected chi connectivity index (χ0v) is 12.3. The van der Waals surface area contributed by atoms with E-state index in [9.17, 15) is 0 Å². The fourth-order valence-electron chi connectivity index (χ4n) is 1.96. The molecule has 0 saturated heterocycles. The summed E-state index contributed by atoms with van der Waals surface area (Å²) in [4.78, 5) is 0. The molecule has 1 heterocycles. The SMILES string of the molecule is CCCNC(C)c1ccc(-c2ccsc2)cc1Cl. The number of hydrogen-bond donors (Lipinski definition) is 1. The number of halogens is 1. The first-order valence-corrected chi connectivity index (χ1v) is 7.60. The first-order valence-electron chi connectivity index (χ1n) is 6.27. The summed E-state index contributed by atoms with van der Waals surface area (Å²) in [7, 11) is 0. The topological polar surface area (TPSA) is 12.0 Å². The molecular formula is C15H18ClNS. The molecular weight excluding hydrogens is 262 g/mol. The normalized spacial score (nSPS) is 12.6. The Morgan fingerprint density at radius 3 is 2.72 bits per heavy atom. The van der Waals surface area contributed by atoms with Gasteiger partial charge in [0.1, 0.15) is 0 Å². The monoisotopic (exact) mass is 279 g/mol. The number of rotatable bonds is 5. The maximum absolute atomic E-state index is 6.38. The van der Waals surface area contributed by atoms with E-state index in [0.717, 1.165) is 18.0 Å². The lowest BCUT2D eigenvalue weighted by atomic mass is 10.0. The van der Waals surface area contributed by atoms with Crippen molar-refractivity contribution < 1.29 is 0 Å². The van der Waals surface area contributed by atoms with Gasteiger partial charge in [0.05, 0.1) is 0 Å². The van der Waals surface area contributed by atoms with Gasteiger partial charge in [-0.25, -0.2) is 0 Å². The Hall–Kier alpha value is -0.830. The Morgan fingerprint density at radius 1 is 1.28 bits per heavy atom. The minimum absolute atomic E-state index is 0.300. The van der Waals surface area contributed by atoms with Crippen LogP contribution in [0, 0.1) is 0 Å². The van der Waals surface area contributed by atoms with Crippen LogP contribution >= 0.6 is 22.9 Å². The summed E-state index contributed by atoms with van der Waals surface area (Å²) < 4.78 is 0. The average Bonchev–Trinajstić information content (AvgIpc) is 2.89. The lowest BCUT2D eigenvalue weighted by molar-refractivity contribution is 0.571. The van der Waals surface area contributed by atoms with Crippen LogP contribution in [-0.4, -0.2) is 6.54 Å². The van der Waals surface area contributed by atoms with Crippen LogP contribution in [0.1, 0.15) is 31.9 Å². The molecule has 18 heavy (non-hydrogen) atoms. The molecule has 1 nitrogen and oxygen atoms in total. The third-order valence-electron chi connectivity index (χ3n) is 3.02. The molecule has 0 saturated carbocycles. The predicted molar refractivity (Wildman–Crippen MR) is 81.5 cm³/mol. The zero-order chi connectivity index (χ0) is 13.0. The molecule has 1 aromatic heterocycles. The molecule has 2 aromatic rings. The van der Waals surface area contributed by atoms with Crippen molar-refractivity contribution in [3.63, 3.8) is 0 Å². The van der Waals surface area contributed by atoms with Crippen LogP contribution in [0.5, 0.6) is 0 Å². The van der Waals surface area contributed by atoms with Crippen molar-refractivity contribution >= 4 is 22.9 Å². The molecule has 0 amide bonds. The highest BCUT2D eigenvalue weighted by atomic mass is 35.5. The largest absolute Gasteiger partial charge is 0.310 e. The Kier molecular flexibility index (Phi) is 4.81. The standard InChI is InChI=1S/C15H18ClNS/c1-3-7-17-11(2)14-5-4-12(9-15(14)16)13-6-8-18-10-13/h4-6,8-11,17H,3,7H2,1-2H3. The van der Waals surface area contributed by atoms with Gasteiger partial charge >= 0.3 is 0 Å². The van der Waals surface area contributed by atoms with E-state index in [4.69, 9.17) is 11.6 Å². The van der Waals surface area contributed by atoms with E-state index in [2.05, 4.69) is 54.2 Å². The summed E-state index contributed by atoms with van der Waals surface area (Å²) in [5.41, 5.74) is 3.60. The van der Waals surface area contributed by atoms with Gasteiger partial charge < -0.3 is 5.32 Å². The molecule has 1 N–H and O–H groups in total. The Bertz CT molecular complexity index is 493. The van der Waals surface area contributed by atoms with Gasteiger partial charge in [-0.1, -0.05) is 30.7 Å². The number of benzene rings is 1. The second-order valence-electron chi connectivity index (χ2n) is 4.42. The third kappa shape index (κ3) is 3.14. The Balaban J connectivity index is 2.20. The molecule has 0 bridgehead atoms. The zero-order valence-electron chi connectivity index (χ0n) is 10.7. The van der Waals surface area contributed by atoms with Crippen molar-refractivity contribution in [2.45, 2.75) is 26.3 Å². The minimum atomic E-state index is 0.300. The summed E-state index contributed by atoms with van der Waals surface area (Å²) in [6, 6.07) is 8.75. The van der Waals surface area contributed by atoms with Crippen LogP contribution < -0.4 is 5.32 Å². The van der Waals surface area contributed by atoms with Crippen molar-refractivity contribution in [2.24, 2.45) is 0 Å². The smallest absolute Gasteiger partial charge is 0.0459 e. The highest BCUT2D eigenvalue weighted by molar-refractivity contribution is 7.08. The maximum Gasteiger partial charge on any atom is 0.0459 e. The number of hydrogen-bond acceptors (Lipinski definition) is 2. The number of thiophene rings is 1. The predicted octanol–water partition coefficient (Wildman–Crippen LogP) is 5.13. The molecule has 1 atom stereocenters. The van der Waals surface area contributed by atoms with Gasteiger partial charge in [-0.3, -0.25) is 0 Å². The maximum atomic E-state index is 6.38.